The van der Waals surface area contributed by atoms with E-state index in [1.54, 1.807) is 0 Å². The van der Waals surface area contributed by atoms with Gasteiger partial charge in [0.2, 0.25) is 0 Å². The third kappa shape index (κ3) is 3.18. The first-order valence-corrected chi connectivity index (χ1v) is 7.06. The third-order valence-corrected chi connectivity index (χ3v) is 4.43. The fourth-order valence-corrected chi connectivity index (χ4v) is 3.23. The van der Waals surface area contributed by atoms with Crippen molar-refractivity contribution in [1.82, 2.24) is 15.2 Å². The molecule has 1 aliphatic heterocycles. The van der Waals surface area contributed by atoms with Gasteiger partial charge in [-0.1, -0.05) is 0 Å². The molecule has 5 heteroatoms. The van der Waals surface area contributed by atoms with Crippen LogP contribution in [0, 0.1) is 6.92 Å². The zero-order valence-electron chi connectivity index (χ0n) is 11.0. The molecule has 1 N–H and O–H groups in total. The van der Waals surface area contributed by atoms with Crippen LogP contribution in [-0.2, 0) is 6.54 Å². The van der Waals surface area contributed by atoms with Crippen LogP contribution in [0.2, 0.25) is 0 Å². The molecule has 1 fully saturated rings. The summed E-state index contributed by atoms with van der Waals surface area (Å²) in [5.41, 5.74) is 1.18. The predicted molar refractivity (Wildman–Crippen MR) is 73.9 cm³/mol. The van der Waals surface area contributed by atoms with Gasteiger partial charge in [-0.05, 0) is 34.0 Å². The molecule has 2 rings (SSSR count). The number of rotatable bonds is 3. The molecule has 1 saturated heterocycles. The number of anilines is 1. The zero-order chi connectivity index (χ0) is 12.3. The Morgan fingerprint density at radius 1 is 1.29 bits per heavy atom. The van der Waals surface area contributed by atoms with Gasteiger partial charge in [0.1, 0.15) is 0 Å². The fourth-order valence-electron chi connectivity index (χ4n) is 2.11. The molecule has 1 aliphatic rings. The number of hydrogen-bond donors (Lipinski definition) is 1. The molecule has 0 aliphatic carbocycles. The Morgan fingerprint density at radius 3 is 2.88 bits per heavy atom. The lowest BCUT2D eigenvalue weighted by atomic mass is 10.4. The number of aromatic nitrogens is 1. The molecule has 17 heavy (non-hydrogen) atoms. The van der Waals surface area contributed by atoms with E-state index < -0.39 is 0 Å². The van der Waals surface area contributed by atoms with Crippen molar-refractivity contribution in [3.63, 3.8) is 0 Å². The highest BCUT2D eigenvalue weighted by Gasteiger charge is 2.16. The minimum atomic E-state index is 0.928. The van der Waals surface area contributed by atoms with Gasteiger partial charge in [-0.15, -0.1) is 11.3 Å². The SMILES string of the molecule is CNCc1sc(N2CCCN(C)CC2)nc1C. The largest absolute Gasteiger partial charge is 0.347 e. The van der Waals surface area contributed by atoms with E-state index in [0.29, 0.717) is 0 Å². The number of nitrogens with one attached hydrogen (secondary N) is 1. The second kappa shape index (κ2) is 5.80. The molecule has 0 radical (unpaired) electrons. The Kier molecular flexibility index (Phi) is 4.36. The van der Waals surface area contributed by atoms with Crippen LogP contribution in [0.5, 0.6) is 0 Å². The highest BCUT2D eigenvalue weighted by molar-refractivity contribution is 7.15. The molecule has 4 nitrogen and oxygen atoms in total. The van der Waals surface area contributed by atoms with E-state index in [4.69, 9.17) is 4.98 Å². The van der Waals surface area contributed by atoms with E-state index in [1.165, 1.54) is 28.7 Å². The van der Waals surface area contributed by atoms with Crippen LogP contribution < -0.4 is 10.2 Å². The van der Waals surface area contributed by atoms with Crippen LogP contribution in [-0.4, -0.2) is 50.2 Å². The van der Waals surface area contributed by atoms with Gasteiger partial charge in [-0.25, -0.2) is 4.98 Å². The van der Waals surface area contributed by atoms with Crippen LogP contribution >= 0.6 is 11.3 Å². The summed E-state index contributed by atoms with van der Waals surface area (Å²) in [5, 5.41) is 4.40. The summed E-state index contributed by atoms with van der Waals surface area (Å²) in [6.07, 6.45) is 1.23. The van der Waals surface area contributed by atoms with Crippen molar-refractivity contribution in [3.05, 3.63) is 10.6 Å². The number of likely N-dealkylation sites (N-methyl/N-ethyl adjacent to an activating group) is 1. The number of thiazole rings is 1. The molecule has 2 heterocycles. The molecule has 0 unspecified atom stereocenters. The predicted octanol–water partition coefficient (Wildman–Crippen LogP) is 1.31. The maximum Gasteiger partial charge on any atom is 0.185 e. The molecule has 0 bridgehead atoms. The first kappa shape index (κ1) is 12.8. The Labute approximate surface area is 108 Å². The summed E-state index contributed by atoms with van der Waals surface area (Å²) in [4.78, 5) is 10.9. The summed E-state index contributed by atoms with van der Waals surface area (Å²) in [5.74, 6) is 0. The zero-order valence-corrected chi connectivity index (χ0v) is 11.8. The van der Waals surface area contributed by atoms with Crippen molar-refractivity contribution in [2.45, 2.75) is 19.9 Å². The molecule has 1 aromatic rings. The van der Waals surface area contributed by atoms with Gasteiger partial charge in [-0.2, -0.15) is 0 Å². The lowest BCUT2D eigenvalue weighted by molar-refractivity contribution is 0.360. The van der Waals surface area contributed by atoms with Crippen molar-refractivity contribution in [2.75, 3.05) is 45.2 Å². The van der Waals surface area contributed by atoms with Crippen LogP contribution in [0.3, 0.4) is 0 Å². The van der Waals surface area contributed by atoms with Crippen molar-refractivity contribution in [1.29, 1.82) is 0 Å². The standard InChI is InChI=1S/C12H22N4S/c1-10-11(9-13-2)17-12(14-10)16-6-4-5-15(3)7-8-16/h13H,4-9H2,1-3H3. The summed E-state index contributed by atoms with van der Waals surface area (Å²) in [6, 6.07) is 0. The van der Waals surface area contributed by atoms with Crippen molar-refractivity contribution in [3.8, 4) is 0 Å². The maximum absolute atomic E-state index is 4.71. The summed E-state index contributed by atoms with van der Waals surface area (Å²) < 4.78 is 0. The van der Waals surface area contributed by atoms with Crippen molar-refractivity contribution < 1.29 is 0 Å². The minimum Gasteiger partial charge on any atom is -0.347 e. The van der Waals surface area contributed by atoms with Gasteiger partial charge >= 0.3 is 0 Å². The Hall–Kier alpha value is -0.650. The number of hydrogen-bond acceptors (Lipinski definition) is 5. The van der Waals surface area contributed by atoms with E-state index in [9.17, 15) is 0 Å². The van der Waals surface area contributed by atoms with Crippen LogP contribution in [0.1, 0.15) is 17.0 Å². The summed E-state index contributed by atoms with van der Waals surface area (Å²) in [6.45, 7) is 7.61. The fraction of sp³-hybridized carbons (Fsp3) is 0.750. The summed E-state index contributed by atoms with van der Waals surface area (Å²) >= 11 is 1.83. The van der Waals surface area contributed by atoms with Gasteiger partial charge < -0.3 is 15.1 Å². The monoisotopic (exact) mass is 254 g/mol. The Bertz CT molecular complexity index is 363. The van der Waals surface area contributed by atoms with E-state index in [1.807, 2.05) is 18.4 Å². The van der Waals surface area contributed by atoms with Gasteiger partial charge in [0.05, 0.1) is 5.69 Å². The molecule has 0 amide bonds. The second-order valence-corrected chi connectivity index (χ2v) is 5.74. The van der Waals surface area contributed by atoms with E-state index in [0.717, 1.165) is 26.2 Å². The molecular weight excluding hydrogens is 232 g/mol. The van der Waals surface area contributed by atoms with Gasteiger partial charge in [0, 0.05) is 31.1 Å². The first-order chi connectivity index (χ1) is 8.20. The average molecular weight is 254 g/mol. The van der Waals surface area contributed by atoms with E-state index in [2.05, 4.69) is 29.1 Å². The molecule has 96 valence electrons. The first-order valence-electron chi connectivity index (χ1n) is 6.25. The van der Waals surface area contributed by atoms with Crippen LogP contribution in [0.15, 0.2) is 0 Å². The van der Waals surface area contributed by atoms with Gasteiger partial charge in [0.25, 0.3) is 0 Å². The van der Waals surface area contributed by atoms with Crippen LogP contribution in [0.25, 0.3) is 0 Å². The maximum atomic E-state index is 4.71. The van der Waals surface area contributed by atoms with E-state index in [-0.39, 0.29) is 0 Å². The summed E-state index contributed by atoms with van der Waals surface area (Å²) in [7, 11) is 4.18. The lowest BCUT2D eigenvalue weighted by Gasteiger charge is -2.19. The Balaban J connectivity index is 2.08. The number of aryl methyl sites for hydroxylation is 1. The molecular formula is C12H22N4S. The van der Waals surface area contributed by atoms with Crippen LogP contribution in [0.4, 0.5) is 5.13 Å². The quantitative estimate of drug-likeness (QED) is 0.881. The number of nitrogens with zero attached hydrogens (tertiary/aromatic N) is 3. The highest BCUT2D eigenvalue weighted by atomic mass is 32.1. The molecule has 0 saturated carbocycles. The highest BCUT2D eigenvalue weighted by Crippen LogP contribution is 2.26. The molecule has 0 spiro atoms. The van der Waals surface area contributed by atoms with E-state index >= 15 is 0 Å². The normalized spacial score (nSPS) is 18.4. The smallest absolute Gasteiger partial charge is 0.185 e. The second-order valence-electron chi connectivity index (χ2n) is 4.68. The lowest BCUT2D eigenvalue weighted by Crippen LogP contribution is -2.28. The molecule has 0 atom stereocenters. The molecule has 0 aromatic carbocycles. The third-order valence-electron chi connectivity index (χ3n) is 3.21. The molecule has 1 aromatic heterocycles. The average Bonchev–Trinajstić information content (AvgIpc) is 2.53. The van der Waals surface area contributed by atoms with Gasteiger partial charge in [0.15, 0.2) is 5.13 Å². The van der Waals surface area contributed by atoms with Gasteiger partial charge in [-0.3, -0.25) is 0 Å². The Morgan fingerprint density at radius 2 is 2.12 bits per heavy atom. The topological polar surface area (TPSA) is 31.4 Å². The van der Waals surface area contributed by atoms with Crippen molar-refractivity contribution >= 4 is 16.5 Å². The van der Waals surface area contributed by atoms with Crippen molar-refractivity contribution in [2.24, 2.45) is 0 Å². The minimum absolute atomic E-state index is 0.928.